The summed E-state index contributed by atoms with van der Waals surface area (Å²) in [4.78, 5) is 7.14. The third-order valence-corrected chi connectivity index (χ3v) is 5.87. The molecule has 2 fully saturated rings. The molecule has 0 bridgehead atoms. The molecular formula is C19H29N5O. The molecule has 2 atom stereocenters. The monoisotopic (exact) mass is 343 g/mol. The van der Waals surface area contributed by atoms with Gasteiger partial charge >= 0.3 is 0 Å². The van der Waals surface area contributed by atoms with Gasteiger partial charge in [0, 0.05) is 62.9 Å². The van der Waals surface area contributed by atoms with Crippen LogP contribution in [0.5, 0.6) is 0 Å². The quantitative estimate of drug-likeness (QED) is 0.837. The molecule has 2 aromatic rings. The largest absolute Gasteiger partial charge is 0.370 e. The van der Waals surface area contributed by atoms with E-state index in [9.17, 15) is 0 Å². The van der Waals surface area contributed by atoms with Crippen LogP contribution in [0.4, 0.5) is 0 Å². The summed E-state index contributed by atoms with van der Waals surface area (Å²) in [5.41, 5.74) is 1.41. The number of rotatable bonds is 5. The molecule has 0 aliphatic carbocycles. The standard InChI is InChI=1S/C19H29N5O/c1-3-24-17(4-8-21-24)15-5-10-23(11-6-15)14-16-7-13-25-18(16)19-20-9-12-22(19)2/h4,8-9,12,15-16,18H,3,5-7,10-11,13-14H2,1-2H3/t16-,18+/m0/s1. The molecule has 2 aromatic heterocycles. The Morgan fingerprint density at radius 2 is 2.04 bits per heavy atom. The predicted molar refractivity (Wildman–Crippen MR) is 96.3 cm³/mol. The van der Waals surface area contributed by atoms with Crippen LogP contribution in [0.15, 0.2) is 24.7 Å². The van der Waals surface area contributed by atoms with Crippen molar-refractivity contribution in [1.29, 1.82) is 0 Å². The van der Waals surface area contributed by atoms with E-state index in [0.717, 1.165) is 31.9 Å². The molecule has 2 aliphatic rings. The lowest BCUT2D eigenvalue weighted by molar-refractivity contribution is 0.0654. The minimum atomic E-state index is 0.152. The molecule has 4 heterocycles. The minimum Gasteiger partial charge on any atom is -0.370 e. The maximum Gasteiger partial charge on any atom is 0.137 e. The zero-order valence-electron chi connectivity index (χ0n) is 15.3. The maximum atomic E-state index is 6.02. The first kappa shape index (κ1) is 16.8. The Hall–Kier alpha value is -1.66. The molecule has 0 unspecified atom stereocenters. The molecule has 0 amide bonds. The number of hydrogen-bond acceptors (Lipinski definition) is 4. The van der Waals surface area contributed by atoms with Crippen LogP contribution in [0.25, 0.3) is 0 Å². The highest BCUT2D eigenvalue weighted by molar-refractivity contribution is 5.09. The number of hydrogen-bond donors (Lipinski definition) is 0. The van der Waals surface area contributed by atoms with Gasteiger partial charge in [-0.3, -0.25) is 4.68 Å². The first-order valence-corrected chi connectivity index (χ1v) is 9.59. The predicted octanol–water partition coefficient (Wildman–Crippen LogP) is 2.59. The van der Waals surface area contributed by atoms with Gasteiger partial charge in [-0.2, -0.15) is 5.10 Å². The Morgan fingerprint density at radius 1 is 1.20 bits per heavy atom. The molecule has 136 valence electrons. The second-order valence-electron chi connectivity index (χ2n) is 7.38. The molecule has 0 saturated carbocycles. The van der Waals surface area contributed by atoms with E-state index in [4.69, 9.17) is 4.74 Å². The van der Waals surface area contributed by atoms with Gasteiger partial charge in [-0.05, 0) is 45.3 Å². The van der Waals surface area contributed by atoms with E-state index in [2.05, 4.69) is 44.3 Å². The molecule has 0 aromatic carbocycles. The van der Waals surface area contributed by atoms with Crippen molar-refractivity contribution in [3.05, 3.63) is 36.2 Å². The highest BCUT2D eigenvalue weighted by atomic mass is 16.5. The number of nitrogens with zero attached hydrogens (tertiary/aromatic N) is 5. The minimum absolute atomic E-state index is 0.152. The van der Waals surface area contributed by atoms with Crippen molar-refractivity contribution in [2.24, 2.45) is 13.0 Å². The fraction of sp³-hybridized carbons (Fsp3) is 0.684. The third-order valence-electron chi connectivity index (χ3n) is 5.87. The smallest absolute Gasteiger partial charge is 0.137 e. The first-order chi connectivity index (χ1) is 12.3. The molecule has 0 spiro atoms. The van der Waals surface area contributed by atoms with Crippen LogP contribution < -0.4 is 0 Å². The third kappa shape index (κ3) is 3.37. The molecular weight excluding hydrogens is 314 g/mol. The topological polar surface area (TPSA) is 48.1 Å². The Morgan fingerprint density at radius 3 is 2.76 bits per heavy atom. The van der Waals surface area contributed by atoms with E-state index >= 15 is 0 Å². The van der Waals surface area contributed by atoms with Gasteiger partial charge in [-0.15, -0.1) is 0 Å². The molecule has 0 N–H and O–H groups in total. The summed E-state index contributed by atoms with van der Waals surface area (Å²) >= 11 is 0. The van der Waals surface area contributed by atoms with Crippen molar-refractivity contribution in [3.63, 3.8) is 0 Å². The zero-order chi connectivity index (χ0) is 17.2. The second-order valence-corrected chi connectivity index (χ2v) is 7.38. The number of aromatic nitrogens is 4. The van der Waals surface area contributed by atoms with Gasteiger partial charge in [0.15, 0.2) is 0 Å². The van der Waals surface area contributed by atoms with Gasteiger partial charge in [0.2, 0.25) is 0 Å². The summed E-state index contributed by atoms with van der Waals surface area (Å²) in [6, 6.07) is 2.20. The highest BCUT2D eigenvalue weighted by Gasteiger charge is 2.34. The fourth-order valence-electron chi connectivity index (χ4n) is 4.45. The normalized spacial score (nSPS) is 25.7. The van der Waals surface area contributed by atoms with E-state index in [0.29, 0.717) is 11.8 Å². The van der Waals surface area contributed by atoms with E-state index < -0.39 is 0 Å². The molecule has 2 aliphatic heterocycles. The Bertz CT molecular complexity index is 686. The van der Waals surface area contributed by atoms with Crippen molar-refractivity contribution >= 4 is 0 Å². The van der Waals surface area contributed by atoms with Crippen LogP contribution >= 0.6 is 0 Å². The van der Waals surface area contributed by atoms with Crippen LogP contribution in [0.3, 0.4) is 0 Å². The highest BCUT2D eigenvalue weighted by Crippen LogP contribution is 2.35. The van der Waals surface area contributed by atoms with Gasteiger partial charge in [-0.25, -0.2) is 4.98 Å². The molecule has 6 heteroatoms. The number of aryl methyl sites for hydroxylation is 2. The lowest BCUT2D eigenvalue weighted by Gasteiger charge is -2.34. The summed E-state index contributed by atoms with van der Waals surface area (Å²) in [5.74, 6) is 2.28. The van der Waals surface area contributed by atoms with Crippen molar-refractivity contribution in [2.75, 3.05) is 26.2 Å². The van der Waals surface area contributed by atoms with Gasteiger partial charge in [-0.1, -0.05) is 0 Å². The van der Waals surface area contributed by atoms with Crippen molar-refractivity contribution in [2.45, 2.75) is 44.8 Å². The van der Waals surface area contributed by atoms with Crippen LogP contribution in [-0.4, -0.2) is 50.5 Å². The Labute approximate surface area is 149 Å². The average Bonchev–Trinajstić information content (AvgIpc) is 3.36. The Kier molecular flexibility index (Phi) is 4.90. The van der Waals surface area contributed by atoms with E-state index in [1.54, 1.807) is 0 Å². The van der Waals surface area contributed by atoms with Gasteiger partial charge in [0.05, 0.1) is 0 Å². The molecule has 6 nitrogen and oxygen atoms in total. The Balaban J connectivity index is 1.35. The first-order valence-electron chi connectivity index (χ1n) is 9.59. The number of piperidine rings is 1. The van der Waals surface area contributed by atoms with Crippen molar-refractivity contribution in [3.8, 4) is 0 Å². The molecule has 0 radical (unpaired) electrons. The van der Waals surface area contributed by atoms with E-state index in [1.807, 2.05) is 18.6 Å². The van der Waals surface area contributed by atoms with Crippen LogP contribution in [0.1, 0.15) is 49.7 Å². The lowest BCUT2D eigenvalue weighted by Crippen LogP contribution is -2.37. The van der Waals surface area contributed by atoms with Gasteiger partial charge in [0.1, 0.15) is 11.9 Å². The molecule has 25 heavy (non-hydrogen) atoms. The summed E-state index contributed by atoms with van der Waals surface area (Å²) in [5, 5.41) is 4.44. The maximum absolute atomic E-state index is 6.02. The lowest BCUT2D eigenvalue weighted by atomic mass is 9.92. The van der Waals surface area contributed by atoms with Gasteiger partial charge in [0.25, 0.3) is 0 Å². The summed E-state index contributed by atoms with van der Waals surface area (Å²) in [7, 11) is 2.06. The van der Waals surface area contributed by atoms with Gasteiger partial charge < -0.3 is 14.2 Å². The number of ether oxygens (including phenoxy) is 1. The number of imidazole rings is 1. The number of likely N-dealkylation sites (tertiary alicyclic amines) is 1. The van der Waals surface area contributed by atoms with Crippen molar-refractivity contribution < 1.29 is 4.74 Å². The summed E-state index contributed by atoms with van der Waals surface area (Å²) in [6.07, 6.45) is 9.57. The van der Waals surface area contributed by atoms with Crippen molar-refractivity contribution in [1.82, 2.24) is 24.2 Å². The van der Waals surface area contributed by atoms with Crippen LogP contribution in [-0.2, 0) is 18.3 Å². The second kappa shape index (κ2) is 7.30. The fourth-order valence-corrected chi connectivity index (χ4v) is 4.45. The molecule has 2 saturated heterocycles. The zero-order valence-corrected chi connectivity index (χ0v) is 15.3. The van der Waals surface area contributed by atoms with Crippen LogP contribution in [0, 0.1) is 5.92 Å². The average molecular weight is 343 g/mol. The SMILES string of the molecule is CCn1nccc1C1CCN(C[C@@H]2CCO[C@H]2c2nccn2C)CC1. The van der Waals surface area contributed by atoms with E-state index in [-0.39, 0.29) is 6.10 Å². The summed E-state index contributed by atoms with van der Waals surface area (Å²) in [6.45, 7) is 7.45. The molecule has 4 rings (SSSR count). The van der Waals surface area contributed by atoms with Crippen LogP contribution in [0.2, 0.25) is 0 Å². The van der Waals surface area contributed by atoms with E-state index in [1.165, 1.54) is 31.6 Å². The summed E-state index contributed by atoms with van der Waals surface area (Å²) < 4.78 is 10.3.